The molecular weight excluding hydrogens is 297 g/mol. The first-order valence-electron chi connectivity index (χ1n) is 6.74. The van der Waals surface area contributed by atoms with E-state index >= 15 is 0 Å². The fourth-order valence-electron chi connectivity index (χ4n) is 2.68. The van der Waals surface area contributed by atoms with Crippen molar-refractivity contribution in [2.75, 3.05) is 11.4 Å². The Labute approximate surface area is 124 Å². The second kappa shape index (κ2) is 5.11. The molecule has 0 aliphatic carbocycles. The molecule has 3 rings (SSSR count). The van der Waals surface area contributed by atoms with E-state index in [-0.39, 0.29) is 24.4 Å². The molecule has 0 fully saturated rings. The number of anilines is 1. The maximum Gasteiger partial charge on any atom is 0.416 e. The highest BCUT2D eigenvalue weighted by molar-refractivity contribution is 5.98. The lowest BCUT2D eigenvalue weighted by Crippen LogP contribution is -2.35. The van der Waals surface area contributed by atoms with Gasteiger partial charge in [0, 0.05) is 12.2 Å². The summed E-state index contributed by atoms with van der Waals surface area (Å²) in [7, 11) is 0. The maximum atomic E-state index is 13.0. The minimum absolute atomic E-state index is 0.175. The van der Waals surface area contributed by atoms with Crippen molar-refractivity contribution in [2.24, 2.45) is 0 Å². The maximum absolute atomic E-state index is 13.0. The first kappa shape index (κ1) is 14.6. The van der Waals surface area contributed by atoms with Gasteiger partial charge in [0.15, 0.2) is 0 Å². The molecule has 0 N–H and O–H groups in total. The molecule has 1 atom stereocenters. The summed E-state index contributed by atoms with van der Waals surface area (Å²) in [6.45, 7) is 1.88. The van der Waals surface area contributed by atoms with E-state index in [1.54, 1.807) is 13.0 Å². The molecule has 1 aromatic carbocycles. The van der Waals surface area contributed by atoms with Crippen LogP contribution in [0.4, 0.5) is 18.9 Å². The number of hydrogen-bond donors (Lipinski definition) is 0. The third-order valence-electron chi connectivity index (χ3n) is 3.79. The fourth-order valence-corrected chi connectivity index (χ4v) is 2.68. The Hall–Kier alpha value is -2.38. The largest absolute Gasteiger partial charge is 0.416 e. The van der Waals surface area contributed by atoms with E-state index in [4.69, 9.17) is 0 Å². The summed E-state index contributed by atoms with van der Waals surface area (Å²) in [5.41, 5.74) is -0.172. The summed E-state index contributed by atoms with van der Waals surface area (Å²) < 4.78 is 40.5. The number of alkyl halides is 3. The number of carbonyl (C=O) groups is 1. The van der Waals surface area contributed by atoms with Gasteiger partial charge in [-0.25, -0.2) is 9.67 Å². The molecular formula is C14H13F3N4O. The van der Waals surface area contributed by atoms with Gasteiger partial charge in [0.25, 0.3) is 5.91 Å². The average Bonchev–Trinajstić information content (AvgIpc) is 3.13. The Balaban J connectivity index is 1.93. The van der Waals surface area contributed by atoms with Gasteiger partial charge >= 0.3 is 6.18 Å². The molecule has 0 saturated carbocycles. The molecule has 1 aliphatic rings. The van der Waals surface area contributed by atoms with E-state index in [9.17, 15) is 18.0 Å². The summed E-state index contributed by atoms with van der Waals surface area (Å²) >= 11 is 0. The molecule has 5 nitrogen and oxygen atoms in total. The highest BCUT2D eigenvalue weighted by Crippen LogP contribution is 2.39. The number of aromatic nitrogens is 3. The first-order valence-corrected chi connectivity index (χ1v) is 6.74. The number of hydrogen-bond acceptors (Lipinski definition) is 3. The molecule has 116 valence electrons. The van der Waals surface area contributed by atoms with Gasteiger partial charge in [-0.1, -0.05) is 6.07 Å². The molecule has 0 bridgehead atoms. The minimum atomic E-state index is -4.41. The van der Waals surface area contributed by atoms with Gasteiger partial charge in [-0.2, -0.15) is 18.3 Å². The van der Waals surface area contributed by atoms with Gasteiger partial charge < -0.3 is 4.90 Å². The van der Waals surface area contributed by atoms with Crippen LogP contribution in [-0.4, -0.2) is 27.2 Å². The Morgan fingerprint density at radius 2 is 2.14 bits per heavy atom. The highest BCUT2D eigenvalue weighted by Gasteiger charge is 2.38. The zero-order chi connectivity index (χ0) is 15.9. The first-order chi connectivity index (χ1) is 10.4. The topological polar surface area (TPSA) is 51.0 Å². The van der Waals surface area contributed by atoms with E-state index in [1.807, 2.05) is 0 Å². The number of halogens is 3. The molecule has 1 aliphatic heterocycles. The molecule has 0 radical (unpaired) electrons. The van der Waals surface area contributed by atoms with Crippen LogP contribution in [0.15, 0.2) is 30.9 Å². The molecule has 2 aromatic rings. The summed E-state index contributed by atoms with van der Waals surface area (Å²) in [6.07, 6.45) is -1.50. The molecule has 0 spiro atoms. The number of fused-ring (bicyclic) bond motifs is 1. The van der Waals surface area contributed by atoms with Crippen LogP contribution in [0.25, 0.3) is 0 Å². The second-order valence-electron chi connectivity index (χ2n) is 5.09. The smallest absolute Gasteiger partial charge is 0.310 e. The third kappa shape index (κ3) is 2.34. The van der Waals surface area contributed by atoms with E-state index in [0.717, 1.165) is 6.07 Å². The standard InChI is InChI=1S/C14H13F3N4O/c1-9(21-8-18-7-19-21)13(22)20-6-5-10-11(14(15,16)17)3-2-4-12(10)20/h2-4,7-9H,5-6H2,1H3/t9-/m1/s1. The Morgan fingerprint density at radius 3 is 2.77 bits per heavy atom. The van der Waals surface area contributed by atoms with Crippen molar-refractivity contribution >= 4 is 11.6 Å². The van der Waals surface area contributed by atoms with Crippen LogP contribution in [0.3, 0.4) is 0 Å². The predicted octanol–water partition coefficient (Wildman–Crippen LogP) is 2.45. The van der Waals surface area contributed by atoms with Gasteiger partial charge in [-0.3, -0.25) is 4.79 Å². The van der Waals surface area contributed by atoms with Crippen molar-refractivity contribution in [1.29, 1.82) is 0 Å². The number of nitrogens with zero attached hydrogens (tertiary/aromatic N) is 4. The van der Waals surface area contributed by atoms with Crippen LogP contribution in [0.5, 0.6) is 0 Å². The van der Waals surface area contributed by atoms with Crippen molar-refractivity contribution < 1.29 is 18.0 Å². The highest BCUT2D eigenvalue weighted by atomic mass is 19.4. The van der Waals surface area contributed by atoms with Crippen LogP contribution >= 0.6 is 0 Å². The van der Waals surface area contributed by atoms with E-state index in [1.165, 1.54) is 28.3 Å². The second-order valence-corrected chi connectivity index (χ2v) is 5.09. The summed E-state index contributed by atoms with van der Waals surface area (Å²) in [5, 5.41) is 3.90. The van der Waals surface area contributed by atoms with E-state index < -0.39 is 17.8 Å². The Bertz CT molecular complexity index is 697. The summed E-state index contributed by atoms with van der Waals surface area (Å²) in [4.78, 5) is 17.7. The third-order valence-corrected chi connectivity index (χ3v) is 3.79. The van der Waals surface area contributed by atoms with E-state index in [2.05, 4.69) is 10.1 Å². The van der Waals surface area contributed by atoms with Crippen molar-refractivity contribution in [3.8, 4) is 0 Å². The number of amides is 1. The van der Waals surface area contributed by atoms with Crippen molar-refractivity contribution in [3.05, 3.63) is 42.0 Å². The number of rotatable bonds is 2. The molecule has 8 heteroatoms. The normalized spacial score (nSPS) is 15.7. The Morgan fingerprint density at radius 1 is 1.36 bits per heavy atom. The molecule has 2 heterocycles. The van der Waals surface area contributed by atoms with E-state index in [0.29, 0.717) is 5.69 Å². The lowest BCUT2D eigenvalue weighted by molar-refractivity contribution is -0.138. The van der Waals surface area contributed by atoms with Crippen LogP contribution < -0.4 is 4.90 Å². The van der Waals surface area contributed by atoms with Crippen LogP contribution in [0.2, 0.25) is 0 Å². The van der Waals surface area contributed by atoms with Crippen LogP contribution in [0.1, 0.15) is 24.1 Å². The zero-order valence-corrected chi connectivity index (χ0v) is 11.7. The van der Waals surface area contributed by atoms with Crippen molar-refractivity contribution in [2.45, 2.75) is 25.6 Å². The van der Waals surface area contributed by atoms with Crippen LogP contribution in [-0.2, 0) is 17.4 Å². The van der Waals surface area contributed by atoms with Gasteiger partial charge in [-0.15, -0.1) is 0 Å². The van der Waals surface area contributed by atoms with Gasteiger partial charge in [-0.05, 0) is 31.0 Å². The average molecular weight is 310 g/mol. The number of carbonyl (C=O) groups excluding carboxylic acids is 1. The van der Waals surface area contributed by atoms with Crippen molar-refractivity contribution in [3.63, 3.8) is 0 Å². The fraction of sp³-hybridized carbons (Fsp3) is 0.357. The lowest BCUT2D eigenvalue weighted by atomic mass is 10.0. The van der Waals surface area contributed by atoms with Crippen LogP contribution in [0, 0.1) is 0 Å². The predicted molar refractivity (Wildman–Crippen MR) is 72.2 cm³/mol. The SMILES string of the molecule is C[C@H](C(=O)N1CCc2c1cccc2C(F)(F)F)n1cncn1. The minimum Gasteiger partial charge on any atom is -0.310 e. The number of benzene rings is 1. The summed E-state index contributed by atoms with van der Waals surface area (Å²) in [5.74, 6) is -0.302. The Kier molecular flexibility index (Phi) is 3.38. The van der Waals surface area contributed by atoms with Crippen molar-refractivity contribution in [1.82, 2.24) is 14.8 Å². The van der Waals surface area contributed by atoms with Gasteiger partial charge in [0.05, 0.1) is 5.56 Å². The molecule has 0 unspecified atom stereocenters. The van der Waals surface area contributed by atoms with Gasteiger partial charge in [0.1, 0.15) is 18.7 Å². The zero-order valence-electron chi connectivity index (χ0n) is 11.7. The molecule has 22 heavy (non-hydrogen) atoms. The lowest BCUT2D eigenvalue weighted by Gasteiger charge is -2.22. The molecule has 0 saturated heterocycles. The quantitative estimate of drug-likeness (QED) is 0.856. The molecule has 1 aromatic heterocycles. The molecule has 1 amide bonds. The van der Waals surface area contributed by atoms with Gasteiger partial charge in [0.2, 0.25) is 0 Å². The summed E-state index contributed by atoms with van der Waals surface area (Å²) in [6, 6.07) is 3.30. The monoisotopic (exact) mass is 310 g/mol.